The second-order valence-electron chi connectivity index (χ2n) is 3.30. The Kier molecular flexibility index (Phi) is 4.57. The molecule has 86 valence electrons. The average Bonchev–Trinajstić information content (AvgIpc) is 2.84. The summed E-state index contributed by atoms with van der Waals surface area (Å²) >= 11 is 10.4. The number of nitrogens with one attached hydrogen (secondary N) is 1. The number of rotatable bonds is 4. The fraction of sp³-hybridized carbons (Fsp3) is 0.200. The van der Waals surface area contributed by atoms with Gasteiger partial charge in [-0.3, -0.25) is 11.3 Å². The van der Waals surface area contributed by atoms with Crippen molar-refractivity contribution in [2.24, 2.45) is 5.84 Å². The van der Waals surface area contributed by atoms with E-state index in [1.807, 2.05) is 0 Å². The number of hydrogen-bond acceptors (Lipinski definition) is 4. The van der Waals surface area contributed by atoms with E-state index < -0.39 is 0 Å². The number of nitrogens with two attached hydrogens (primary N) is 1. The van der Waals surface area contributed by atoms with Gasteiger partial charge in [0.2, 0.25) is 0 Å². The van der Waals surface area contributed by atoms with Crippen molar-refractivity contribution in [3.8, 4) is 0 Å². The van der Waals surface area contributed by atoms with E-state index in [0.29, 0.717) is 0 Å². The highest BCUT2D eigenvalue weighted by molar-refractivity contribution is 9.11. The first-order valence-electron chi connectivity index (χ1n) is 4.63. The summed E-state index contributed by atoms with van der Waals surface area (Å²) < 4.78 is 2.27. The minimum absolute atomic E-state index is 0.182. The first-order chi connectivity index (χ1) is 7.69. The third kappa shape index (κ3) is 3.15. The molecule has 0 fully saturated rings. The van der Waals surface area contributed by atoms with Crippen LogP contribution in [0.5, 0.6) is 0 Å². The van der Waals surface area contributed by atoms with Gasteiger partial charge in [-0.15, -0.1) is 22.7 Å². The van der Waals surface area contributed by atoms with Crippen molar-refractivity contribution in [1.82, 2.24) is 5.43 Å². The molecule has 0 aliphatic heterocycles. The monoisotopic (exact) mass is 380 g/mol. The Morgan fingerprint density at radius 2 is 2.19 bits per heavy atom. The molecule has 0 saturated heterocycles. The Hall–Kier alpha value is 0.280. The van der Waals surface area contributed by atoms with E-state index in [0.717, 1.165) is 14.7 Å². The van der Waals surface area contributed by atoms with E-state index in [4.69, 9.17) is 5.84 Å². The molecule has 2 nitrogen and oxygen atoms in total. The second kappa shape index (κ2) is 5.75. The molecule has 1 unspecified atom stereocenters. The normalized spacial score (nSPS) is 12.9. The smallest absolute Gasteiger partial charge is 0.0702 e. The summed E-state index contributed by atoms with van der Waals surface area (Å²) in [5.74, 6) is 5.60. The molecule has 1 atom stereocenters. The Labute approximate surface area is 119 Å². The molecule has 0 radical (unpaired) electrons. The van der Waals surface area contributed by atoms with E-state index in [9.17, 15) is 0 Å². The fourth-order valence-electron chi connectivity index (χ4n) is 1.42. The van der Waals surface area contributed by atoms with Gasteiger partial charge in [-0.2, -0.15) is 0 Å². The highest BCUT2D eigenvalue weighted by Gasteiger charge is 2.13. The first-order valence-corrected chi connectivity index (χ1v) is 7.91. The molecule has 6 heteroatoms. The SMILES string of the molecule is NNC(Cc1cc(Br)cs1)c1ccc(Br)s1. The van der Waals surface area contributed by atoms with Gasteiger partial charge in [-0.25, -0.2) is 0 Å². The standard InChI is InChI=1S/C10H10Br2N2S2/c11-6-3-7(15-5-6)4-8(14-13)9-1-2-10(12)16-9/h1-3,5,8,14H,4,13H2. The van der Waals surface area contributed by atoms with Gasteiger partial charge in [0.25, 0.3) is 0 Å². The molecule has 0 spiro atoms. The lowest BCUT2D eigenvalue weighted by atomic mass is 10.1. The molecule has 2 rings (SSSR count). The van der Waals surface area contributed by atoms with E-state index in [2.05, 4.69) is 60.9 Å². The van der Waals surface area contributed by atoms with Crippen LogP contribution in [0, 0.1) is 0 Å². The van der Waals surface area contributed by atoms with Gasteiger partial charge < -0.3 is 0 Å². The van der Waals surface area contributed by atoms with E-state index in [1.54, 1.807) is 22.7 Å². The maximum atomic E-state index is 5.60. The lowest BCUT2D eigenvalue weighted by Gasteiger charge is -2.12. The third-order valence-corrected chi connectivity index (χ3v) is 5.62. The molecular weight excluding hydrogens is 372 g/mol. The molecule has 2 heterocycles. The highest BCUT2D eigenvalue weighted by atomic mass is 79.9. The van der Waals surface area contributed by atoms with E-state index in [1.165, 1.54) is 9.75 Å². The minimum Gasteiger partial charge on any atom is -0.271 e. The van der Waals surface area contributed by atoms with Crippen LogP contribution in [-0.2, 0) is 6.42 Å². The van der Waals surface area contributed by atoms with Crippen LogP contribution in [0.2, 0.25) is 0 Å². The van der Waals surface area contributed by atoms with Crippen molar-refractivity contribution in [3.63, 3.8) is 0 Å². The topological polar surface area (TPSA) is 38.0 Å². The largest absolute Gasteiger partial charge is 0.271 e. The van der Waals surface area contributed by atoms with Crippen LogP contribution in [0.4, 0.5) is 0 Å². The van der Waals surface area contributed by atoms with Crippen LogP contribution in [0.1, 0.15) is 15.8 Å². The van der Waals surface area contributed by atoms with Gasteiger partial charge in [0.05, 0.1) is 9.83 Å². The minimum atomic E-state index is 0.182. The average molecular weight is 382 g/mol. The zero-order valence-corrected chi connectivity index (χ0v) is 13.0. The second-order valence-corrected chi connectivity index (χ2v) is 7.70. The third-order valence-electron chi connectivity index (χ3n) is 2.17. The number of hydrogen-bond donors (Lipinski definition) is 2. The zero-order chi connectivity index (χ0) is 11.5. The molecule has 2 aromatic heterocycles. The first kappa shape index (κ1) is 12.7. The van der Waals surface area contributed by atoms with E-state index in [-0.39, 0.29) is 6.04 Å². The number of thiophene rings is 2. The zero-order valence-electron chi connectivity index (χ0n) is 8.24. The highest BCUT2D eigenvalue weighted by Crippen LogP contribution is 2.30. The van der Waals surface area contributed by atoms with Crippen molar-refractivity contribution in [1.29, 1.82) is 0 Å². The van der Waals surface area contributed by atoms with Crippen LogP contribution in [-0.4, -0.2) is 0 Å². The molecule has 0 amide bonds. The van der Waals surface area contributed by atoms with Crippen LogP contribution < -0.4 is 11.3 Å². The Morgan fingerprint density at radius 3 is 2.69 bits per heavy atom. The van der Waals surface area contributed by atoms with Gasteiger partial charge >= 0.3 is 0 Å². The van der Waals surface area contributed by atoms with Gasteiger partial charge in [0, 0.05) is 26.0 Å². The van der Waals surface area contributed by atoms with Crippen molar-refractivity contribution in [2.75, 3.05) is 0 Å². The summed E-state index contributed by atoms with van der Waals surface area (Å²) in [4.78, 5) is 2.57. The predicted octanol–water partition coefficient (Wildman–Crippen LogP) is 4.08. The summed E-state index contributed by atoms with van der Waals surface area (Å²) in [7, 11) is 0. The van der Waals surface area contributed by atoms with Crippen molar-refractivity contribution in [2.45, 2.75) is 12.5 Å². The Morgan fingerprint density at radius 1 is 1.38 bits per heavy atom. The predicted molar refractivity (Wildman–Crippen MR) is 77.8 cm³/mol. The van der Waals surface area contributed by atoms with Crippen LogP contribution in [0.25, 0.3) is 0 Å². The Bertz CT molecular complexity index is 467. The van der Waals surface area contributed by atoms with Crippen molar-refractivity contribution >= 4 is 54.5 Å². The molecular formula is C10H10Br2N2S2. The molecule has 3 N–H and O–H groups in total. The summed E-state index contributed by atoms with van der Waals surface area (Å²) in [5, 5.41) is 2.09. The fourth-order valence-corrected chi connectivity index (χ4v) is 4.40. The lowest BCUT2D eigenvalue weighted by Crippen LogP contribution is -2.28. The maximum absolute atomic E-state index is 5.60. The molecule has 0 aromatic carbocycles. The van der Waals surface area contributed by atoms with Crippen molar-refractivity contribution in [3.05, 3.63) is 41.6 Å². The molecule has 0 saturated carbocycles. The molecule has 0 bridgehead atoms. The van der Waals surface area contributed by atoms with E-state index >= 15 is 0 Å². The summed E-state index contributed by atoms with van der Waals surface area (Å²) in [6.07, 6.45) is 0.916. The molecule has 0 aliphatic rings. The van der Waals surface area contributed by atoms with Crippen molar-refractivity contribution < 1.29 is 0 Å². The molecule has 0 aliphatic carbocycles. The van der Waals surface area contributed by atoms with Gasteiger partial charge in [0.1, 0.15) is 0 Å². The number of halogens is 2. The summed E-state index contributed by atoms with van der Waals surface area (Å²) in [6, 6.07) is 6.47. The van der Waals surface area contributed by atoms with Gasteiger partial charge in [-0.1, -0.05) is 0 Å². The molecule has 2 aromatic rings. The summed E-state index contributed by atoms with van der Waals surface area (Å²) in [6.45, 7) is 0. The maximum Gasteiger partial charge on any atom is 0.0702 e. The van der Waals surface area contributed by atoms with Crippen LogP contribution in [0.3, 0.4) is 0 Å². The lowest BCUT2D eigenvalue weighted by molar-refractivity contribution is 0.564. The quantitative estimate of drug-likeness (QED) is 0.618. The summed E-state index contributed by atoms with van der Waals surface area (Å²) in [5.41, 5.74) is 2.87. The number of hydrazine groups is 1. The molecule has 16 heavy (non-hydrogen) atoms. The Balaban J connectivity index is 2.12. The van der Waals surface area contributed by atoms with Gasteiger partial charge in [-0.05, 0) is 50.1 Å². The van der Waals surface area contributed by atoms with Crippen LogP contribution >= 0.6 is 54.5 Å². The van der Waals surface area contributed by atoms with Crippen LogP contribution in [0.15, 0.2) is 31.8 Å². The van der Waals surface area contributed by atoms with Gasteiger partial charge in [0.15, 0.2) is 0 Å².